The Balaban J connectivity index is 1.56. The number of benzene rings is 1. The van der Waals surface area contributed by atoms with E-state index in [1.54, 1.807) is 15.9 Å². The van der Waals surface area contributed by atoms with Crippen LogP contribution in [0.15, 0.2) is 53.0 Å². The molecule has 4 heterocycles. The van der Waals surface area contributed by atoms with Crippen LogP contribution < -0.4 is 5.32 Å². The zero-order valence-electron chi connectivity index (χ0n) is 24.6. The van der Waals surface area contributed by atoms with Crippen LogP contribution in [-0.4, -0.2) is 88.6 Å². The van der Waals surface area contributed by atoms with E-state index in [9.17, 15) is 24.3 Å². The zero-order chi connectivity index (χ0) is 30.7. The average Bonchev–Trinajstić information content (AvgIpc) is 3.57. The molecule has 0 unspecified atom stereocenters. The number of halogens is 1. The first kappa shape index (κ1) is 31.4. The molecule has 1 spiro atoms. The van der Waals surface area contributed by atoms with Crippen molar-refractivity contribution in [3.05, 3.63) is 58.6 Å². The van der Waals surface area contributed by atoms with Crippen LogP contribution in [0, 0.1) is 11.8 Å². The second-order valence-corrected chi connectivity index (χ2v) is 12.8. The first-order valence-corrected chi connectivity index (χ1v) is 15.9. The number of unbranched alkanes of at least 4 members (excludes halogenated alkanes) is 2. The lowest BCUT2D eigenvalue weighted by Gasteiger charge is -2.37. The van der Waals surface area contributed by atoms with Crippen LogP contribution in [0.2, 0.25) is 0 Å². The van der Waals surface area contributed by atoms with Crippen molar-refractivity contribution in [2.75, 3.05) is 26.2 Å². The summed E-state index contributed by atoms with van der Waals surface area (Å²) in [7, 11) is 0. The summed E-state index contributed by atoms with van der Waals surface area (Å²) in [6.07, 6.45) is 6.62. The van der Waals surface area contributed by atoms with Crippen LogP contribution in [0.25, 0.3) is 0 Å². The summed E-state index contributed by atoms with van der Waals surface area (Å²) in [5.41, 5.74) is -0.620. The number of fused-ring (bicyclic) bond motifs is 2. The molecule has 0 aliphatic carbocycles. The first-order valence-electron chi connectivity index (χ1n) is 15.1. The van der Waals surface area contributed by atoms with Crippen molar-refractivity contribution in [2.24, 2.45) is 11.8 Å². The zero-order valence-corrected chi connectivity index (χ0v) is 26.2. The summed E-state index contributed by atoms with van der Waals surface area (Å²) >= 11 is 3.58. The van der Waals surface area contributed by atoms with Gasteiger partial charge < -0.3 is 29.7 Å². The molecule has 11 heteroatoms. The number of amides is 3. The number of nitrogens with one attached hydrogen (secondary N) is 1. The Labute approximate surface area is 260 Å². The molecule has 1 aromatic rings. The topological polar surface area (TPSA) is 125 Å². The fraction of sp³-hybridized carbons (Fsp3) is 0.562. The molecular formula is C32H40BrN3O7. The molecule has 6 atom stereocenters. The molecule has 1 aromatic carbocycles. The third kappa shape index (κ3) is 6.04. The Kier molecular flexibility index (Phi) is 9.73. The maximum absolute atomic E-state index is 14.4. The van der Waals surface area contributed by atoms with Gasteiger partial charge in [-0.15, -0.1) is 0 Å². The Bertz CT molecular complexity index is 1280. The summed E-state index contributed by atoms with van der Waals surface area (Å²) in [5, 5.41) is 12.2. The highest BCUT2D eigenvalue weighted by atomic mass is 79.9. The van der Waals surface area contributed by atoms with Gasteiger partial charge in [0.1, 0.15) is 29.8 Å². The number of nitrogens with zero attached hydrogens (tertiary/aromatic N) is 2. The van der Waals surface area contributed by atoms with Crippen molar-refractivity contribution < 1.29 is 33.8 Å². The molecule has 3 amide bonds. The summed E-state index contributed by atoms with van der Waals surface area (Å²) in [6, 6.07) is 8.03. The highest BCUT2D eigenvalue weighted by Crippen LogP contribution is 2.59. The molecule has 5 rings (SSSR count). The number of ether oxygens (including phenoxy) is 2. The fourth-order valence-corrected chi connectivity index (χ4v) is 7.45. The van der Waals surface area contributed by atoms with Gasteiger partial charge in [0.2, 0.25) is 17.7 Å². The minimum Gasteiger partial charge on any atom is -0.455 e. The van der Waals surface area contributed by atoms with Crippen molar-refractivity contribution in [1.82, 2.24) is 15.1 Å². The third-order valence-corrected chi connectivity index (χ3v) is 9.50. The summed E-state index contributed by atoms with van der Waals surface area (Å²) in [5.74, 6) is -3.28. The SMILES string of the molecule is CC(C)N1C/C=C\CCC(=O)NC[C@H](c2ccccc2)OC(=O)[C@H]2[C@@H]3O[C@@]4(C=C3Br)[C@@H]2C(=O)N(CCCCCO)[C@@H]4C1=O. The first-order chi connectivity index (χ1) is 20.7. The molecule has 4 aliphatic heterocycles. The van der Waals surface area contributed by atoms with Crippen molar-refractivity contribution >= 4 is 39.6 Å². The van der Waals surface area contributed by atoms with Crippen LogP contribution in [0.5, 0.6) is 0 Å². The molecule has 232 valence electrons. The molecule has 43 heavy (non-hydrogen) atoms. The lowest BCUT2D eigenvalue weighted by Crippen LogP contribution is -2.57. The third-order valence-electron chi connectivity index (χ3n) is 8.82. The van der Waals surface area contributed by atoms with Crippen molar-refractivity contribution in [2.45, 2.75) is 75.8 Å². The van der Waals surface area contributed by atoms with Gasteiger partial charge >= 0.3 is 5.97 Å². The van der Waals surface area contributed by atoms with Crippen molar-refractivity contribution in [1.29, 1.82) is 0 Å². The molecule has 2 saturated heterocycles. The molecule has 2 N–H and O–H groups in total. The number of aliphatic hydroxyl groups is 1. The van der Waals surface area contributed by atoms with Crippen molar-refractivity contribution in [3.63, 3.8) is 0 Å². The van der Waals surface area contributed by atoms with Gasteiger partial charge in [-0.1, -0.05) is 58.4 Å². The standard InChI is InChI=1S/C32H40BrN3O7/c1-20(2)35-15-9-4-8-14-24(38)34-19-23(21-12-6-3-7-13-21)42-31(41)25-26-29(39)36(16-10-5-11-17-37)28(30(35)40)32(26)18-22(33)27(25)43-32/h3-4,6-7,9,12-13,18,20,23,25-28,37H,5,8,10-11,14-17,19H2,1-2H3,(H,34,38)/b9-4-/t23-,25-,26+,27-,28-,32+/m1/s1. The van der Waals surface area contributed by atoms with Gasteiger partial charge in [-0.05, 0) is 51.2 Å². The number of esters is 1. The van der Waals surface area contributed by atoms with Gasteiger partial charge in [0, 0.05) is 36.6 Å². The molecular weight excluding hydrogens is 618 g/mol. The van der Waals surface area contributed by atoms with Crippen LogP contribution in [-0.2, 0) is 28.7 Å². The van der Waals surface area contributed by atoms with Gasteiger partial charge in [-0.3, -0.25) is 19.2 Å². The number of rotatable bonds is 7. The van der Waals surface area contributed by atoms with Gasteiger partial charge in [-0.2, -0.15) is 0 Å². The lowest BCUT2D eigenvalue weighted by atomic mass is 9.74. The molecule has 5 bridgehead atoms. The van der Waals surface area contributed by atoms with E-state index in [0.717, 1.165) is 0 Å². The summed E-state index contributed by atoms with van der Waals surface area (Å²) in [6.45, 7) is 4.57. The number of carbonyl (C=O) groups excluding carboxylic acids is 4. The van der Waals surface area contributed by atoms with E-state index in [0.29, 0.717) is 48.8 Å². The summed E-state index contributed by atoms with van der Waals surface area (Å²) in [4.78, 5) is 58.7. The van der Waals surface area contributed by atoms with Gasteiger partial charge in [-0.25, -0.2) is 0 Å². The van der Waals surface area contributed by atoms with E-state index >= 15 is 0 Å². The van der Waals surface area contributed by atoms with Gasteiger partial charge in [0.15, 0.2) is 0 Å². The number of likely N-dealkylation sites (tertiary alicyclic amines) is 1. The van der Waals surface area contributed by atoms with E-state index in [-0.39, 0.29) is 43.3 Å². The molecule has 0 saturated carbocycles. The smallest absolute Gasteiger partial charge is 0.313 e. The second kappa shape index (κ2) is 13.3. The normalized spacial score (nSPS) is 32.1. The van der Waals surface area contributed by atoms with E-state index in [1.165, 1.54) is 0 Å². The minimum absolute atomic E-state index is 0.0494. The number of hydrogen-bond donors (Lipinski definition) is 2. The molecule has 0 radical (unpaired) electrons. The Hall–Kier alpha value is -3.02. The maximum Gasteiger partial charge on any atom is 0.313 e. The average molecular weight is 659 g/mol. The predicted molar refractivity (Wildman–Crippen MR) is 162 cm³/mol. The van der Waals surface area contributed by atoms with Gasteiger partial charge in [0.25, 0.3) is 0 Å². The molecule has 10 nitrogen and oxygen atoms in total. The largest absolute Gasteiger partial charge is 0.455 e. The maximum atomic E-state index is 14.4. The lowest BCUT2D eigenvalue weighted by molar-refractivity contribution is -0.160. The fourth-order valence-electron chi connectivity index (χ4n) is 6.72. The van der Waals surface area contributed by atoms with E-state index < -0.39 is 41.7 Å². The highest BCUT2D eigenvalue weighted by Gasteiger charge is 2.74. The second-order valence-electron chi connectivity index (χ2n) is 11.9. The van der Waals surface area contributed by atoms with E-state index in [4.69, 9.17) is 9.47 Å². The Morgan fingerprint density at radius 3 is 2.56 bits per heavy atom. The minimum atomic E-state index is -1.33. The summed E-state index contributed by atoms with van der Waals surface area (Å²) < 4.78 is 13.2. The van der Waals surface area contributed by atoms with Crippen LogP contribution in [0.1, 0.15) is 57.6 Å². The number of aliphatic hydroxyl groups excluding tert-OH is 1. The molecule has 4 aliphatic rings. The number of cyclic esters (lactones) is 1. The van der Waals surface area contributed by atoms with Crippen LogP contribution >= 0.6 is 15.9 Å². The number of allylic oxidation sites excluding steroid dienone is 1. The molecule has 2 fully saturated rings. The quantitative estimate of drug-likeness (QED) is 0.262. The Morgan fingerprint density at radius 1 is 1.07 bits per heavy atom. The molecule has 0 aromatic heterocycles. The van der Waals surface area contributed by atoms with Gasteiger partial charge in [0.05, 0.1) is 12.5 Å². The van der Waals surface area contributed by atoms with Crippen molar-refractivity contribution in [3.8, 4) is 0 Å². The van der Waals surface area contributed by atoms with Crippen LogP contribution in [0.3, 0.4) is 0 Å². The van der Waals surface area contributed by atoms with E-state index in [2.05, 4.69) is 21.2 Å². The predicted octanol–water partition coefficient (Wildman–Crippen LogP) is 3.01. The monoisotopic (exact) mass is 657 g/mol. The van der Waals surface area contributed by atoms with Crippen LogP contribution in [0.4, 0.5) is 0 Å². The number of hydrogen-bond acceptors (Lipinski definition) is 7. The number of carbonyl (C=O) groups is 4. The Morgan fingerprint density at radius 2 is 1.84 bits per heavy atom. The highest BCUT2D eigenvalue weighted by molar-refractivity contribution is 9.11. The van der Waals surface area contributed by atoms with E-state index in [1.807, 2.05) is 56.3 Å².